The molecular formula is C24H30N4O4S. The summed E-state index contributed by atoms with van der Waals surface area (Å²) in [6.07, 6.45) is 4.35. The van der Waals surface area contributed by atoms with E-state index >= 15 is 0 Å². The number of hydrogen-bond acceptors (Lipinski definition) is 7. The maximum atomic E-state index is 13.4. The third kappa shape index (κ3) is 6.30. The molecule has 1 saturated heterocycles. The Labute approximate surface area is 199 Å². The number of nitriles is 1. The van der Waals surface area contributed by atoms with Crippen molar-refractivity contribution in [2.24, 2.45) is 5.92 Å². The smallest absolute Gasteiger partial charge is 0.337 e. The number of carbonyl (C=O) groups is 2. The molecule has 2 heterocycles. The molecule has 1 atom stereocenters. The molecule has 1 aromatic carbocycles. The van der Waals surface area contributed by atoms with Gasteiger partial charge in [-0.25, -0.2) is 9.52 Å². The molecule has 2 aromatic rings. The van der Waals surface area contributed by atoms with E-state index in [0.717, 1.165) is 25.9 Å². The molecule has 3 rings (SSSR count). The summed E-state index contributed by atoms with van der Waals surface area (Å²) in [6, 6.07) is 10.3. The van der Waals surface area contributed by atoms with E-state index in [1.54, 1.807) is 31.4 Å². The molecule has 1 unspecified atom stereocenters. The van der Waals surface area contributed by atoms with Crippen LogP contribution < -0.4 is 9.46 Å². The first-order valence-corrected chi connectivity index (χ1v) is 11.8. The van der Waals surface area contributed by atoms with Crippen LogP contribution in [-0.2, 0) is 16.1 Å². The van der Waals surface area contributed by atoms with Gasteiger partial charge in [0, 0.05) is 25.8 Å². The Hall–Kier alpha value is -2.96. The summed E-state index contributed by atoms with van der Waals surface area (Å²) in [5.41, 5.74) is 0.967. The van der Waals surface area contributed by atoms with Crippen LogP contribution in [-0.4, -0.2) is 54.7 Å². The number of amides is 1. The molecular weight excluding hydrogens is 440 g/mol. The maximum Gasteiger partial charge on any atom is 0.337 e. The highest BCUT2D eigenvalue weighted by atomic mass is 32.2. The minimum atomic E-state index is -0.469. The van der Waals surface area contributed by atoms with Crippen molar-refractivity contribution < 1.29 is 19.1 Å². The second-order valence-corrected chi connectivity index (χ2v) is 9.00. The SMILES string of the molecule is COC(=O)c1ccc(OC)c(SNC(CCn2cccc2C#N)C(=O)N2CCC(C)CC2)c1. The average molecular weight is 471 g/mol. The molecule has 0 aliphatic carbocycles. The van der Waals surface area contributed by atoms with Crippen molar-refractivity contribution in [1.29, 1.82) is 5.26 Å². The molecule has 1 aromatic heterocycles. The van der Waals surface area contributed by atoms with E-state index in [9.17, 15) is 14.9 Å². The molecule has 1 aliphatic rings. The van der Waals surface area contributed by atoms with E-state index < -0.39 is 12.0 Å². The van der Waals surface area contributed by atoms with Gasteiger partial charge in [-0.1, -0.05) is 6.92 Å². The van der Waals surface area contributed by atoms with E-state index in [1.165, 1.54) is 19.1 Å². The number of ether oxygens (including phenoxy) is 2. The predicted molar refractivity (Wildman–Crippen MR) is 126 cm³/mol. The third-order valence-corrected chi connectivity index (χ3v) is 6.83. The molecule has 0 bridgehead atoms. The van der Waals surface area contributed by atoms with Gasteiger partial charge in [0.15, 0.2) is 0 Å². The normalized spacial score (nSPS) is 15.0. The first-order chi connectivity index (χ1) is 16.0. The van der Waals surface area contributed by atoms with Crippen LogP contribution in [0.1, 0.15) is 42.2 Å². The zero-order valence-corrected chi connectivity index (χ0v) is 20.1. The fourth-order valence-electron chi connectivity index (χ4n) is 3.80. The molecule has 0 radical (unpaired) electrons. The molecule has 0 spiro atoms. The van der Waals surface area contributed by atoms with Crippen LogP contribution in [0.5, 0.6) is 5.75 Å². The summed E-state index contributed by atoms with van der Waals surface area (Å²) in [6.45, 7) is 4.24. The highest BCUT2D eigenvalue weighted by Gasteiger charge is 2.28. The van der Waals surface area contributed by atoms with E-state index in [1.807, 2.05) is 21.7 Å². The van der Waals surface area contributed by atoms with Crippen LogP contribution in [0.25, 0.3) is 0 Å². The van der Waals surface area contributed by atoms with Crippen molar-refractivity contribution >= 4 is 23.8 Å². The standard InChI is InChI=1S/C24H30N4O4S/c1-17-8-12-28(13-9-17)23(29)20(10-14-27-11-4-5-19(27)16-25)26-33-22-15-18(24(30)32-3)6-7-21(22)31-2/h4-7,11,15,17,20,26H,8-10,12-14H2,1-3H3. The zero-order chi connectivity index (χ0) is 23.8. The topological polar surface area (TPSA) is 96.6 Å². The van der Waals surface area contributed by atoms with Gasteiger partial charge in [-0.2, -0.15) is 5.26 Å². The molecule has 9 heteroatoms. The van der Waals surface area contributed by atoms with Crippen molar-refractivity contribution in [2.75, 3.05) is 27.3 Å². The van der Waals surface area contributed by atoms with Crippen molar-refractivity contribution in [2.45, 2.75) is 43.7 Å². The number of likely N-dealkylation sites (tertiary alicyclic amines) is 1. The van der Waals surface area contributed by atoms with Crippen molar-refractivity contribution in [1.82, 2.24) is 14.2 Å². The Morgan fingerprint density at radius 3 is 2.70 bits per heavy atom. The number of rotatable bonds is 9. The number of carbonyl (C=O) groups excluding carboxylic acids is 2. The Bertz CT molecular complexity index is 1010. The average Bonchev–Trinajstić information content (AvgIpc) is 3.31. The summed E-state index contributed by atoms with van der Waals surface area (Å²) in [5.74, 6) is 0.822. The van der Waals surface area contributed by atoms with Gasteiger partial charge >= 0.3 is 5.97 Å². The number of esters is 1. The second-order valence-electron chi connectivity index (χ2n) is 8.12. The lowest BCUT2D eigenvalue weighted by Gasteiger charge is -2.33. The van der Waals surface area contributed by atoms with Gasteiger partial charge in [-0.05, 0) is 67.5 Å². The molecule has 1 N–H and O–H groups in total. The Morgan fingerprint density at radius 1 is 1.27 bits per heavy atom. The minimum Gasteiger partial charge on any atom is -0.496 e. The van der Waals surface area contributed by atoms with E-state index in [4.69, 9.17) is 9.47 Å². The number of nitrogens with one attached hydrogen (secondary N) is 1. The van der Waals surface area contributed by atoms with Gasteiger partial charge in [0.2, 0.25) is 5.91 Å². The molecule has 33 heavy (non-hydrogen) atoms. The second kappa shape index (κ2) is 11.8. The van der Waals surface area contributed by atoms with Crippen LogP contribution in [0.4, 0.5) is 0 Å². The highest BCUT2D eigenvalue weighted by Crippen LogP contribution is 2.30. The van der Waals surface area contributed by atoms with Gasteiger partial charge < -0.3 is 18.9 Å². The summed E-state index contributed by atoms with van der Waals surface area (Å²) < 4.78 is 15.4. The predicted octanol–water partition coefficient (Wildman–Crippen LogP) is 3.47. The number of hydrogen-bond donors (Lipinski definition) is 1. The van der Waals surface area contributed by atoms with Crippen molar-refractivity contribution in [3.8, 4) is 11.8 Å². The molecule has 176 valence electrons. The Morgan fingerprint density at radius 2 is 2.03 bits per heavy atom. The lowest BCUT2D eigenvalue weighted by Crippen LogP contribution is -2.47. The molecule has 0 saturated carbocycles. The van der Waals surface area contributed by atoms with E-state index in [-0.39, 0.29) is 5.91 Å². The van der Waals surface area contributed by atoms with Gasteiger partial charge in [0.05, 0.1) is 30.7 Å². The number of piperidine rings is 1. The van der Waals surface area contributed by atoms with Crippen molar-refractivity contribution in [3.05, 3.63) is 47.8 Å². The molecule has 1 amide bonds. The summed E-state index contributed by atoms with van der Waals surface area (Å²) in [4.78, 5) is 27.9. The molecule has 8 nitrogen and oxygen atoms in total. The largest absolute Gasteiger partial charge is 0.496 e. The third-order valence-electron chi connectivity index (χ3n) is 5.89. The van der Waals surface area contributed by atoms with Gasteiger partial charge in [0.25, 0.3) is 0 Å². The number of methoxy groups -OCH3 is 2. The number of nitrogens with zero attached hydrogens (tertiary/aromatic N) is 3. The van der Waals surface area contributed by atoms with Crippen LogP contribution in [0.2, 0.25) is 0 Å². The molecule has 1 aliphatic heterocycles. The van der Waals surface area contributed by atoms with Gasteiger partial charge in [-0.3, -0.25) is 4.79 Å². The summed E-state index contributed by atoms with van der Waals surface area (Å²) in [7, 11) is 2.90. The number of benzene rings is 1. The quantitative estimate of drug-likeness (QED) is 0.443. The number of aromatic nitrogens is 1. The van der Waals surface area contributed by atoms with Crippen LogP contribution in [0.15, 0.2) is 41.4 Å². The van der Waals surface area contributed by atoms with Crippen LogP contribution in [0.3, 0.4) is 0 Å². The zero-order valence-electron chi connectivity index (χ0n) is 19.2. The van der Waals surface area contributed by atoms with Gasteiger partial charge in [0.1, 0.15) is 17.5 Å². The molecule has 1 fully saturated rings. The first-order valence-electron chi connectivity index (χ1n) is 11.0. The summed E-state index contributed by atoms with van der Waals surface area (Å²) in [5, 5.41) is 9.29. The van der Waals surface area contributed by atoms with E-state index in [0.29, 0.717) is 40.8 Å². The lowest BCUT2D eigenvalue weighted by atomic mass is 9.98. The Kier molecular flexibility index (Phi) is 8.80. The van der Waals surface area contributed by atoms with Crippen molar-refractivity contribution in [3.63, 3.8) is 0 Å². The minimum absolute atomic E-state index is 0.0446. The first kappa shape index (κ1) is 24.7. The number of aryl methyl sites for hydroxylation is 1. The lowest BCUT2D eigenvalue weighted by molar-refractivity contribution is -0.134. The summed E-state index contributed by atoms with van der Waals surface area (Å²) >= 11 is 1.26. The fourth-order valence-corrected chi connectivity index (χ4v) is 4.72. The fraction of sp³-hybridized carbons (Fsp3) is 0.458. The van der Waals surface area contributed by atoms with Crippen LogP contribution >= 0.6 is 11.9 Å². The van der Waals surface area contributed by atoms with Gasteiger partial charge in [-0.15, -0.1) is 0 Å². The monoisotopic (exact) mass is 470 g/mol. The van der Waals surface area contributed by atoms with Crippen LogP contribution in [0, 0.1) is 17.2 Å². The maximum absolute atomic E-state index is 13.4. The highest BCUT2D eigenvalue weighted by molar-refractivity contribution is 7.97. The van der Waals surface area contributed by atoms with E-state index in [2.05, 4.69) is 17.7 Å². The Balaban J connectivity index is 1.76.